The maximum atomic E-state index is 12.8. The van der Waals surface area contributed by atoms with Gasteiger partial charge in [0.15, 0.2) is 0 Å². The molecule has 0 bridgehead atoms. The maximum absolute atomic E-state index is 12.8. The molecule has 0 spiro atoms. The molecule has 0 amide bonds. The first-order chi connectivity index (χ1) is 33.6. The zero-order valence-electron chi connectivity index (χ0n) is 46.0. The molecule has 7 nitrogen and oxygen atoms in total. The van der Waals surface area contributed by atoms with Crippen molar-refractivity contribution < 1.29 is 30.5 Å². The van der Waals surface area contributed by atoms with Crippen molar-refractivity contribution in [1.82, 2.24) is 0 Å². The Kier molecular flexibility index (Phi) is 51.9. The van der Waals surface area contributed by atoms with Crippen LogP contribution in [-0.4, -0.2) is 19.8 Å². The summed E-state index contributed by atoms with van der Waals surface area (Å²) in [7, 11) is -4.64. The van der Waals surface area contributed by atoms with Gasteiger partial charge in [-0.3, -0.25) is 0 Å². The number of benzene rings is 1. The molecule has 1 aromatic rings. The average molecular weight is 1110 g/mol. The summed E-state index contributed by atoms with van der Waals surface area (Å²) in [6.45, 7) is 6.89. The number of halogens is 1. The molecule has 0 saturated heterocycles. The molecule has 4 N–H and O–H groups in total. The van der Waals surface area contributed by atoms with Gasteiger partial charge in [-0.15, -0.1) is 0 Å². The van der Waals surface area contributed by atoms with E-state index in [-0.39, 0.29) is 5.75 Å². The lowest BCUT2D eigenvalue weighted by Gasteiger charge is -2.17. The summed E-state index contributed by atoms with van der Waals surface area (Å²) in [6, 6.07) is 2.24. The van der Waals surface area contributed by atoms with Crippen LogP contribution in [0.5, 0.6) is 5.75 Å². The van der Waals surface area contributed by atoms with Crippen LogP contribution in [0.2, 0.25) is 0 Å². The number of aryl methyl sites for hydroxylation is 2. The molecule has 0 fully saturated rings. The van der Waals surface area contributed by atoms with E-state index in [9.17, 15) is 11.2 Å². The van der Waals surface area contributed by atoms with Crippen LogP contribution in [0.3, 0.4) is 0 Å². The largest absolute Gasteiger partial charge is 0.506 e. The third kappa shape index (κ3) is 48.2. The number of aromatic hydroxyl groups is 1. The van der Waals surface area contributed by atoms with E-state index in [1.54, 1.807) is 0 Å². The van der Waals surface area contributed by atoms with E-state index < -0.39 is 27.6 Å². The molecule has 0 radical (unpaired) electrons. The van der Waals surface area contributed by atoms with Crippen LogP contribution >= 0.6 is 27.6 Å². The number of rotatable bonds is 52. The van der Waals surface area contributed by atoms with E-state index in [0.717, 1.165) is 56.1 Å². The Morgan fingerprint density at radius 3 is 0.739 bits per heavy atom. The summed E-state index contributed by atoms with van der Waals surface area (Å²) in [4.78, 5) is 21.6. The molecular weight excluding hydrogens is 991 g/mol. The quantitative estimate of drug-likeness (QED) is 0.0290. The van der Waals surface area contributed by atoms with Gasteiger partial charge in [0.1, 0.15) is 9.32 Å². The summed E-state index contributed by atoms with van der Waals surface area (Å²) in [5.74, 6) is 0.136. The lowest BCUT2D eigenvalue weighted by Crippen LogP contribution is -2.03. The average Bonchev–Trinajstić information content (AvgIpc) is 3.31. The van der Waals surface area contributed by atoms with Crippen molar-refractivity contribution in [2.75, 3.05) is 0 Å². The summed E-state index contributed by atoms with van der Waals surface area (Å²) < 4.78 is 34.8. The first-order valence-corrected chi connectivity index (χ1v) is 34.7. The van der Waals surface area contributed by atoms with Gasteiger partial charge < -0.3 is 19.8 Å². The monoisotopic (exact) mass is 1110 g/mol. The van der Waals surface area contributed by atoms with Gasteiger partial charge in [0.25, 0.3) is 0 Å². The normalized spacial score (nSPS) is 11.8. The van der Waals surface area contributed by atoms with Crippen LogP contribution in [0.15, 0.2) is 6.07 Å². The fourth-order valence-electron chi connectivity index (χ4n) is 10.2. The van der Waals surface area contributed by atoms with Crippen molar-refractivity contribution in [2.24, 2.45) is 0 Å². The van der Waals surface area contributed by atoms with E-state index in [2.05, 4.69) is 26.8 Å². The fraction of sp³-hybridized carbons (Fsp3) is 0.900. The minimum atomic E-state index is -4.64. The van der Waals surface area contributed by atoms with Crippen molar-refractivity contribution in [2.45, 2.75) is 348 Å². The van der Waals surface area contributed by atoms with Crippen LogP contribution in [-0.2, 0) is 30.0 Å². The van der Waals surface area contributed by atoms with Gasteiger partial charge in [-0.2, -0.15) is 0 Å². The van der Waals surface area contributed by atoms with E-state index in [4.69, 9.17) is 19.2 Å². The number of unbranched alkanes of at least 4 members (excludes halogenated alkanes) is 45. The highest BCUT2D eigenvalue weighted by Crippen LogP contribution is 2.38. The van der Waals surface area contributed by atoms with Gasteiger partial charge in [-0.05, 0) is 55.2 Å². The number of hydrogen-bond donors (Lipinski definition) is 4. The van der Waals surface area contributed by atoms with Crippen molar-refractivity contribution in [3.8, 4) is 5.75 Å². The van der Waals surface area contributed by atoms with Crippen LogP contribution in [0, 0.1) is 3.57 Å². The highest BCUT2D eigenvalue weighted by Gasteiger charge is 2.21. The van der Waals surface area contributed by atoms with Gasteiger partial charge in [0, 0.05) is 0 Å². The van der Waals surface area contributed by atoms with Gasteiger partial charge in [0.2, 0.25) is 0 Å². The first-order valence-electron chi connectivity index (χ1n) is 30.3. The molecule has 0 heterocycles. The van der Waals surface area contributed by atoms with Crippen molar-refractivity contribution >= 4 is 27.6 Å². The number of phenolic OH excluding ortho intramolecular Hbond substituents is 1. The molecule has 1 aromatic carbocycles. The molecule has 69 heavy (non-hydrogen) atoms. The molecular formula is C60H116IO7P. The summed E-state index contributed by atoms with van der Waals surface area (Å²) in [5, 5.41) is 11.7. The molecule has 410 valence electrons. The predicted molar refractivity (Wildman–Crippen MR) is 306 cm³/mol. The Hall–Kier alpha value is -0.540. The number of hydrogen-bond acceptors (Lipinski definition) is 4. The molecule has 9 heteroatoms. The smallest absolute Gasteiger partial charge is 0.466 e. The Bertz CT molecular complexity index is 1340. The second-order valence-corrected chi connectivity index (χ2v) is 24.6. The molecule has 1 rings (SSSR count). The van der Waals surface area contributed by atoms with Crippen LogP contribution < -0.4 is 0 Å². The second-order valence-electron chi connectivity index (χ2n) is 21.2. The lowest BCUT2D eigenvalue weighted by molar-refractivity contribution is 0.275. The molecule has 0 aliphatic carbocycles. The molecule has 0 aliphatic heterocycles. The molecule has 0 atom stereocenters. The third-order valence-corrected chi connectivity index (χ3v) is 16.6. The van der Waals surface area contributed by atoms with E-state index in [1.807, 2.05) is 0 Å². The lowest BCUT2D eigenvalue weighted by atomic mass is 9.92. The standard InChI is InChI=1S/C60H113IO3.H3O4P/c1-4-7-10-13-16-19-22-25-28-31-34-37-40-43-46-49-52-56-55-57(53-50-47-44-41-38-35-32-29-26-23-20-17-14-11-8-5-2)59(61(63)64)60(62)58(56)54-51-48-45-42-39-36-33-30-27-24-21-18-15-12-9-6-3;1-5(2,3)4/h55,62H,4-54H2,1-3H3;(H3,1,2,3,4). The molecule has 0 aliphatic rings. The van der Waals surface area contributed by atoms with E-state index in [0.29, 0.717) is 3.57 Å². The third-order valence-electron chi connectivity index (χ3n) is 14.5. The Morgan fingerprint density at radius 2 is 0.522 bits per heavy atom. The van der Waals surface area contributed by atoms with Crippen molar-refractivity contribution in [3.63, 3.8) is 0 Å². The van der Waals surface area contributed by atoms with Gasteiger partial charge in [-0.25, -0.2) is 10.7 Å². The highest BCUT2D eigenvalue weighted by molar-refractivity contribution is 14.2. The number of phenols is 1. The fourth-order valence-corrected chi connectivity index (χ4v) is 12.0. The van der Waals surface area contributed by atoms with Gasteiger partial charge in [0.05, 0.1) is 0 Å². The van der Waals surface area contributed by atoms with Crippen LogP contribution in [0.4, 0.5) is 0 Å². The number of phosphoric acid groups is 1. The molecule has 0 unspecified atom stereocenters. The zero-order chi connectivity index (χ0) is 50.7. The minimum absolute atomic E-state index is 0.136. The summed E-state index contributed by atoms with van der Waals surface area (Å²) in [6.07, 6.45) is 67.4. The minimum Gasteiger partial charge on any atom is -0.506 e. The van der Waals surface area contributed by atoms with Crippen LogP contribution in [0.25, 0.3) is 0 Å². The Labute approximate surface area is 435 Å². The van der Waals surface area contributed by atoms with Crippen molar-refractivity contribution in [3.05, 3.63) is 26.3 Å². The van der Waals surface area contributed by atoms with Crippen molar-refractivity contribution in [1.29, 1.82) is 0 Å². The molecule has 0 aromatic heterocycles. The van der Waals surface area contributed by atoms with E-state index >= 15 is 0 Å². The summed E-state index contributed by atoms with van der Waals surface area (Å²) >= 11 is -3.85. The molecule has 0 saturated carbocycles. The maximum Gasteiger partial charge on any atom is 0.466 e. The second kappa shape index (κ2) is 52.3. The highest BCUT2D eigenvalue weighted by atomic mass is 127. The van der Waals surface area contributed by atoms with Crippen LogP contribution in [0.1, 0.15) is 346 Å². The van der Waals surface area contributed by atoms with Gasteiger partial charge >= 0.3 is 27.6 Å². The first kappa shape index (κ1) is 68.5. The Morgan fingerprint density at radius 1 is 0.333 bits per heavy atom. The van der Waals surface area contributed by atoms with E-state index in [1.165, 1.54) is 288 Å². The zero-order valence-corrected chi connectivity index (χ0v) is 49.0. The van der Waals surface area contributed by atoms with Gasteiger partial charge in [-0.1, -0.05) is 316 Å². The SMILES string of the molecule is CCCCCCCCCCCCCCCCCCc1cc(CCCCCCCCCCCCCCCCCC)c(I(=O)=O)c(O)c1CCCCCCCCCCCCCCCCCC.O=P(O)(O)O. The predicted octanol–water partition coefficient (Wildman–Crippen LogP) is 21.2. The summed E-state index contributed by atoms with van der Waals surface area (Å²) in [5.41, 5.74) is 3.13. The topological polar surface area (TPSA) is 132 Å². The Balaban J connectivity index is 0.00000875.